The summed E-state index contributed by atoms with van der Waals surface area (Å²) < 4.78 is 13.3. The van der Waals surface area contributed by atoms with E-state index in [1.807, 2.05) is 6.92 Å². The molecule has 142 valence electrons. The van der Waals surface area contributed by atoms with E-state index in [1.165, 1.54) is 30.3 Å². The Hall–Kier alpha value is -3.38. The molecule has 0 unspecified atom stereocenters. The van der Waals surface area contributed by atoms with Crippen LogP contribution < -0.4 is 10.6 Å². The molecule has 2 amide bonds. The summed E-state index contributed by atoms with van der Waals surface area (Å²) in [6.45, 7) is 1.91. The van der Waals surface area contributed by atoms with Gasteiger partial charge in [-0.05, 0) is 43.3 Å². The number of nitrogens with one attached hydrogen (secondary N) is 2. The monoisotopic (exact) mass is 398 g/mol. The van der Waals surface area contributed by atoms with Crippen LogP contribution in [0.25, 0.3) is 0 Å². The Balaban J connectivity index is 1.78. The van der Waals surface area contributed by atoms with Crippen molar-refractivity contribution in [1.29, 1.82) is 0 Å². The molecule has 0 atom stereocenters. The predicted molar refractivity (Wildman–Crippen MR) is 107 cm³/mol. The van der Waals surface area contributed by atoms with Crippen LogP contribution in [-0.2, 0) is 0 Å². The van der Waals surface area contributed by atoms with Crippen molar-refractivity contribution in [3.8, 4) is 5.75 Å². The second kappa shape index (κ2) is 8.10. The third-order valence-electron chi connectivity index (χ3n) is 3.98. The van der Waals surface area contributed by atoms with E-state index in [0.29, 0.717) is 5.56 Å². The molecular weight excluding hydrogens is 383 g/mol. The summed E-state index contributed by atoms with van der Waals surface area (Å²) in [5, 5.41) is 15.4. The minimum atomic E-state index is -0.586. The van der Waals surface area contributed by atoms with E-state index < -0.39 is 17.6 Å². The molecule has 0 bridgehead atoms. The zero-order valence-electron chi connectivity index (χ0n) is 14.8. The predicted octanol–water partition coefficient (Wildman–Crippen LogP) is 5.00. The maximum absolute atomic E-state index is 13.3. The van der Waals surface area contributed by atoms with Gasteiger partial charge in [0.15, 0.2) is 0 Å². The average Bonchev–Trinajstić information content (AvgIpc) is 2.66. The van der Waals surface area contributed by atoms with E-state index in [9.17, 15) is 19.1 Å². The van der Waals surface area contributed by atoms with Crippen LogP contribution in [0.1, 0.15) is 26.3 Å². The van der Waals surface area contributed by atoms with Crippen LogP contribution in [0.3, 0.4) is 0 Å². The van der Waals surface area contributed by atoms with Crippen molar-refractivity contribution in [3.05, 3.63) is 88.2 Å². The van der Waals surface area contributed by atoms with E-state index >= 15 is 0 Å². The summed E-state index contributed by atoms with van der Waals surface area (Å²) in [5.74, 6) is -1.82. The number of aryl methyl sites for hydroxylation is 1. The summed E-state index contributed by atoms with van der Waals surface area (Å²) in [6, 6.07) is 14.6. The molecule has 0 heterocycles. The normalized spacial score (nSPS) is 10.4. The summed E-state index contributed by atoms with van der Waals surface area (Å²) in [6.07, 6.45) is 0. The van der Waals surface area contributed by atoms with Crippen molar-refractivity contribution in [2.24, 2.45) is 0 Å². The van der Waals surface area contributed by atoms with Crippen molar-refractivity contribution in [2.45, 2.75) is 6.92 Å². The van der Waals surface area contributed by atoms with Crippen molar-refractivity contribution < 1.29 is 19.1 Å². The molecule has 0 aliphatic carbocycles. The lowest BCUT2D eigenvalue weighted by Crippen LogP contribution is -2.14. The fraction of sp³-hybridized carbons (Fsp3) is 0.0476. The lowest BCUT2D eigenvalue weighted by Gasteiger charge is -2.12. The first-order valence-electron chi connectivity index (χ1n) is 8.31. The highest BCUT2D eigenvalue weighted by molar-refractivity contribution is 6.34. The SMILES string of the molecule is Cc1ccc(C(=O)Nc2cc(Cl)c(NC(=O)c3cccc(F)c3)cc2O)cc1. The number of benzene rings is 3. The molecule has 7 heteroatoms. The first kappa shape index (κ1) is 19.4. The van der Waals surface area contributed by atoms with Crippen LogP contribution in [0.2, 0.25) is 5.02 Å². The minimum absolute atomic E-state index is 0.0966. The van der Waals surface area contributed by atoms with Gasteiger partial charge in [-0.3, -0.25) is 9.59 Å². The van der Waals surface area contributed by atoms with Gasteiger partial charge in [0.1, 0.15) is 11.6 Å². The molecule has 0 aliphatic rings. The molecular formula is C21H16ClFN2O3. The maximum Gasteiger partial charge on any atom is 0.255 e. The van der Waals surface area contributed by atoms with Crippen molar-refractivity contribution in [2.75, 3.05) is 10.6 Å². The number of carbonyl (C=O) groups excluding carboxylic acids is 2. The third kappa shape index (κ3) is 4.47. The van der Waals surface area contributed by atoms with Crippen molar-refractivity contribution in [3.63, 3.8) is 0 Å². The van der Waals surface area contributed by atoms with Crippen LogP contribution >= 0.6 is 11.6 Å². The molecule has 0 aromatic heterocycles. The van der Waals surface area contributed by atoms with Gasteiger partial charge >= 0.3 is 0 Å². The number of phenols is 1. The Kier molecular flexibility index (Phi) is 5.61. The fourth-order valence-electron chi connectivity index (χ4n) is 2.48. The van der Waals surface area contributed by atoms with Gasteiger partial charge in [-0.25, -0.2) is 4.39 Å². The van der Waals surface area contributed by atoms with Crippen LogP contribution in [-0.4, -0.2) is 16.9 Å². The number of phenolic OH excluding ortho intramolecular Hbond substituents is 1. The van der Waals surface area contributed by atoms with Gasteiger partial charge < -0.3 is 15.7 Å². The molecule has 0 spiro atoms. The quantitative estimate of drug-likeness (QED) is 0.541. The van der Waals surface area contributed by atoms with Gasteiger partial charge in [0.25, 0.3) is 11.8 Å². The summed E-state index contributed by atoms with van der Waals surface area (Å²) >= 11 is 6.16. The molecule has 3 aromatic rings. The van der Waals surface area contributed by atoms with E-state index in [0.717, 1.165) is 11.6 Å². The smallest absolute Gasteiger partial charge is 0.255 e. The molecule has 0 fully saturated rings. The number of aromatic hydroxyl groups is 1. The number of hydrogen-bond acceptors (Lipinski definition) is 3. The lowest BCUT2D eigenvalue weighted by atomic mass is 10.1. The average molecular weight is 399 g/mol. The Bertz CT molecular complexity index is 1050. The van der Waals surface area contributed by atoms with Gasteiger partial charge in [-0.1, -0.05) is 35.4 Å². The van der Waals surface area contributed by atoms with Gasteiger partial charge in [0.2, 0.25) is 0 Å². The van der Waals surface area contributed by atoms with Gasteiger partial charge in [0, 0.05) is 17.2 Å². The number of carbonyl (C=O) groups is 2. The highest BCUT2D eigenvalue weighted by atomic mass is 35.5. The zero-order valence-corrected chi connectivity index (χ0v) is 15.5. The van der Waals surface area contributed by atoms with E-state index in [2.05, 4.69) is 10.6 Å². The summed E-state index contributed by atoms with van der Waals surface area (Å²) in [4.78, 5) is 24.5. The molecule has 5 nitrogen and oxygen atoms in total. The molecule has 0 aliphatic heterocycles. The maximum atomic E-state index is 13.3. The minimum Gasteiger partial charge on any atom is -0.506 e. The van der Waals surface area contributed by atoms with Crippen LogP contribution in [0, 0.1) is 12.7 Å². The Morgan fingerprint density at radius 3 is 2.21 bits per heavy atom. The molecule has 3 aromatic carbocycles. The third-order valence-corrected chi connectivity index (χ3v) is 4.30. The van der Waals surface area contributed by atoms with Crippen LogP contribution in [0.4, 0.5) is 15.8 Å². The molecule has 3 rings (SSSR count). The second-order valence-electron chi connectivity index (χ2n) is 6.13. The number of hydrogen-bond donors (Lipinski definition) is 3. The molecule has 28 heavy (non-hydrogen) atoms. The number of anilines is 2. The van der Waals surface area contributed by atoms with Crippen LogP contribution in [0.15, 0.2) is 60.7 Å². The Morgan fingerprint density at radius 2 is 1.54 bits per heavy atom. The molecule has 3 N–H and O–H groups in total. The van der Waals surface area contributed by atoms with E-state index in [-0.39, 0.29) is 27.7 Å². The number of amides is 2. The topological polar surface area (TPSA) is 78.4 Å². The lowest BCUT2D eigenvalue weighted by molar-refractivity contribution is 0.101. The molecule has 0 saturated heterocycles. The Labute approximate surface area is 165 Å². The van der Waals surface area contributed by atoms with Gasteiger partial charge in [-0.2, -0.15) is 0 Å². The first-order chi connectivity index (χ1) is 13.3. The molecule has 0 saturated carbocycles. The van der Waals surface area contributed by atoms with E-state index in [1.54, 1.807) is 24.3 Å². The fourth-order valence-corrected chi connectivity index (χ4v) is 2.69. The zero-order chi connectivity index (χ0) is 20.3. The number of halogens is 2. The van der Waals surface area contributed by atoms with Crippen molar-refractivity contribution in [1.82, 2.24) is 0 Å². The highest BCUT2D eigenvalue weighted by Gasteiger charge is 2.15. The van der Waals surface area contributed by atoms with E-state index in [4.69, 9.17) is 11.6 Å². The highest BCUT2D eigenvalue weighted by Crippen LogP contribution is 2.34. The van der Waals surface area contributed by atoms with Crippen LogP contribution in [0.5, 0.6) is 5.75 Å². The Morgan fingerprint density at radius 1 is 0.893 bits per heavy atom. The summed E-state index contributed by atoms with van der Waals surface area (Å²) in [5.41, 5.74) is 1.76. The van der Waals surface area contributed by atoms with Crippen molar-refractivity contribution >= 4 is 34.8 Å². The standard InChI is InChI=1S/C21H16ClFN2O3/c1-12-5-7-13(8-6-12)20(27)25-18-10-16(22)17(11-19(18)26)24-21(28)14-3-2-4-15(23)9-14/h2-11,26H,1H3,(H,24,28)(H,25,27). The number of rotatable bonds is 4. The first-order valence-corrected chi connectivity index (χ1v) is 8.69. The molecule has 0 radical (unpaired) electrons. The van der Waals surface area contributed by atoms with Gasteiger partial charge in [-0.15, -0.1) is 0 Å². The largest absolute Gasteiger partial charge is 0.506 e. The van der Waals surface area contributed by atoms with Gasteiger partial charge in [0.05, 0.1) is 16.4 Å². The summed E-state index contributed by atoms with van der Waals surface area (Å²) in [7, 11) is 0. The second-order valence-corrected chi connectivity index (χ2v) is 6.54.